The standard InChI is InChI=1S/C12H15N3O6S/c1-4-12(2)6-5-13-10(22(3,20)21)14-7(6)8(9(16)17)15(12)11(18)19/h5,8H,4H2,1-3H3,(H,16,17)(H,18,19). The van der Waals surface area contributed by atoms with Crippen LogP contribution in [-0.2, 0) is 20.2 Å². The first-order valence-corrected chi connectivity index (χ1v) is 8.25. The Balaban J connectivity index is 2.79. The van der Waals surface area contributed by atoms with Gasteiger partial charge in [-0.05, 0) is 13.3 Å². The van der Waals surface area contributed by atoms with Crippen LogP contribution in [-0.4, -0.2) is 51.8 Å². The summed E-state index contributed by atoms with van der Waals surface area (Å²) in [5.74, 6) is -1.42. The van der Waals surface area contributed by atoms with Crippen LogP contribution in [0.4, 0.5) is 4.79 Å². The highest BCUT2D eigenvalue weighted by Gasteiger charge is 2.53. The number of carboxylic acids is 1. The van der Waals surface area contributed by atoms with Crippen LogP contribution in [0.3, 0.4) is 0 Å². The Kier molecular flexibility index (Phi) is 3.60. The fourth-order valence-electron chi connectivity index (χ4n) is 2.63. The maximum Gasteiger partial charge on any atom is 0.409 e. The molecule has 120 valence electrons. The highest BCUT2D eigenvalue weighted by molar-refractivity contribution is 7.90. The Morgan fingerprint density at radius 2 is 2.00 bits per heavy atom. The van der Waals surface area contributed by atoms with Gasteiger partial charge in [0, 0.05) is 18.0 Å². The molecule has 1 amide bonds. The van der Waals surface area contributed by atoms with Gasteiger partial charge in [0.25, 0.3) is 0 Å². The number of hydrogen-bond acceptors (Lipinski definition) is 6. The van der Waals surface area contributed by atoms with Gasteiger partial charge in [0.15, 0.2) is 6.04 Å². The number of carboxylic acid groups (broad SMARTS) is 2. The number of rotatable bonds is 3. The van der Waals surface area contributed by atoms with E-state index in [0.717, 1.165) is 11.2 Å². The minimum Gasteiger partial charge on any atom is -0.479 e. The number of aliphatic carboxylic acids is 1. The Hall–Kier alpha value is -2.23. The van der Waals surface area contributed by atoms with Gasteiger partial charge < -0.3 is 10.2 Å². The molecule has 2 N–H and O–H groups in total. The summed E-state index contributed by atoms with van der Waals surface area (Å²) in [6, 6.07) is -1.57. The van der Waals surface area contributed by atoms with E-state index in [2.05, 4.69) is 9.97 Å². The quantitative estimate of drug-likeness (QED) is 0.770. The third-order valence-corrected chi connectivity index (χ3v) is 4.75. The van der Waals surface area contributed by atoms with Crippen LogP contribution in [0, 0.1) is 0 Å². The van der Waals surface area contributed by atoms with Crippen molar-refractivity contribution in [3.63, 3.8) is 0 Å². The van der Waals surface area contributed by atoms with Crippen molar-refractivity contribution in [3.8, 4) is 0 Å². The normalized spacial score (nSPS) is 24.1. The summed E-state index contributed by atoms with van der Waals surface area (Å²) in [4.78, 5) is 31.4. The SMILES string of the molecule is CCC1(C)c2cnc(S(C)(=O)=O)nc2C(C(=O)O)N1C(=O)O. The second kappa shape index (κ2) is 4.90. The van der Waals surface area contributed by atoms with Gasteiger partial charge in [0.1, 0.15) is 0 Å². The summed E-state index contributed by atoms with van der Waals surface area (Å²) in [5.41, 5.74) is -0.938. The number of aromatic nitrogens is 2. The average Bonchev–Trinajstić information content (AvgIpc) is 2.68. The van der Waals surface area contributed by atoms with Crippen LogP contribution >= 0.6 is 0 Å². The Bertz CT molecular complexity index is 762. The number of sulfone groups is 1. The van der Waals surface area contributed by atoms with E-state index >= 15 is 0 Å². The van der Waals surface area contributed by atoms with E-state index < -0.39 is 38.6 Å². The van der Waals surface area contributed by atoms with Gasteiger partial charge in [-0.2, -0.15) is 0 Å². The van der Waals surface area contributed by atoms with Crippen LogP contribution in [0.2, 0.25) is 0 Å². The second-order valence-corrected chi connectivity index (χ2v) is 7.15. The summed E-state index contributed by atoms with van der Waals surface area (Å²) in [5, 5.41) is 18.3. The van der Waals surface area contributed by atoms with Crippen molar-refractivity contribution < 1.29 is 28.2 Å². The minimum atomic E-state index is -3.74. The van der Waals surface area contributed by atoms with E-state index in [1.807, 2.05) is 0 Å². The fraction of sp³-hybridized carbons (Fsp3) is 0.500. The van der Waals surface area contributed by atoms with Crippen molar-refractivity contribution in [2.24, 2.45) is 0 Å². The molecule has 9 nitrogen and oxygen atoms in total. The molecule has 0 aromatic carbocycles. The first kappa shape index (κ1) is 16.1. The fourth-order valence-corrected chi connectivity index (χ4v) is 3.14. The van der Waals surface area contributed by atoms with Crippen LogP contribution < -0.4 is 0 Å². The van der Waals surface area contributed by atoms with Gasteiger partial charge in [0.05, 0.1) is 11.2 Å². The molecule has 1 aromatic heterocycles. The van der Waals surface area contributed by atoms with Gasteiger partial charge in [-0.1, -0.05) is 6.92 Å². The number of amides is 1. The predicted molar refractivity (Wildman–Crippen MR) is 73.0 cm³/mol. The van der Waals surface area contributed by atoms with Crippen molar-refractivity contribution >= 4 is 21.9 Å². The van der Waals surface area contributed by atoms with Gasteiger partial charge in [-0.15, -0.1) is 0 Å². The van der Waals surface area contributed by atoms with Crippen LogP contribution in [0.1, 0.15) is 37.6 Å². The molecule has 0 aliphatic carbocycles. The molecule has 22 heavy (non-hydrogen) atoms. The molecule has 2 atom stereocenters. The number of fused-ring (bicyclic) bond motifs is 1. The van der Waals surface area contributed by atoms with E-state index in [1.165, 1.54) is 6.20 Å². The molecule has 2 heterocycles. The van der Waals surface area contributed by atoms with Crippen molar-refractivity contribution in [2.45, 2.75) is 37.0 Å². The molecular weight excluding hydrogens is 314 g/mol. The minimum absolute atomic E-state index is 0.102. The predicted octanol–water partition coefficient (Wildman–Crippen LogP) is 0.625. The summed E-state index contributed by atoms with van der Waals surface area (Å²) in [7, 11) is -3.74. The Morgan fingerprint density at radius 1 is 1.41 bits per heavy atom. The van der Waals surface area contributed by atoms with Gasteiger partial charge in [-0.3, -0.25) is 4.90 Å². The summed E-state index contributed by atoms with van der Waals surface area (Å²) in [6.45, 7) is 3.26. The van der Waals surface area contributed by atoms with Gasteiger partial charge in [-0.25, -0.2) is 28.0 Å². The smallest absolute Gasteiger partial charge is 0.409 e. The first-order chi connectivity index (χ1) is 10.0. The Morgan fingerprint density at radius 3 is 2.41 bits per heavy atom. The zero-order valence-corrected chi connectivity index (χ0v) is 13.0. The van der Waals surface area contributed by atoms with E-state index in [1.54, 1.807) is 13.8 Å². The second-order valence-electron chi connectivity index (χ2n) is 5.24. The molecule has 1 aliphatic rings. The molecule has 0 bridgehead atoms. The number of hydrogen-bond donors (Lipinski definition) is 2. The lowest BCUT2D eigenvalue weighted by Gasteiger charge is -2.34. The molecule has 0 radical (unpaired) electrons. The highest BCUT2D eigenvalue weighted by atomic mass is 32.2. The molecule has 2 rings (SSSR count). The zero-order chi connectivity index (χ0) is 16.9. The van der Waals surface area contributed by atoms with Crippen LogP contribution in [0.15, 0.2) is 11.4 Å². The van der Waals surface area contributed by atoms with Crippen molar-refractivity contribution in [2.75, 3.05) is 6.26 Å². The molecule has 10 heteroatoms. The van der Waals surface area contributed by atoms with Crippen molar-refractivity contribution in [1.29, 1.82) is 0 Å². The van der Waals surface area contributed by atoms with Crippen LogP contribution in [0.5, 0.6) is 0 Å². The first-order valence-electron chi connectivity index (χ1n) is 6.36. The monoisotopic (exact) mass is 329 g/mol. The topological polar surface area (TPSA) is 138 Å². The molecule has 1 aromatic rings. The summed E-state index contributed by atoms with van der Waals surface area (Å²) < 4.78 is 23.1. The average molecular weight is 329 g/mol. The largest absolute Gasteiger partial charge is 0.479 e. The lowest BCUT2D eigenvalue weighted by molar-refractivity contribution is -0.144. The molecule has 0 fully saturated rings. The molecule has 0 saturated carbocycles. The van der Waals surface area contributed by atoms with E-state index in [-0.39, 0.29) is 12.1 Å². The van der Waals surface area contributed by atoms with Crippen LogP contribution in [0.25, 0.3) is 0 Å². The van der Waals surface area contributed by atoms with Crippen molar-refractivity contribution in [3.05, 3.63) is 17.5 Å². The number of nitrogens with zero attached hydrogens (tertiary/aromatic N) is 3. The summed E-state index contributed by atoms with van der Waals surface area (Å²) in [6.07, 6.45) is 0.960. The number of carbonyl (C=O) groups is 2. The van der Waals surface area contributed by atoms with Gasteiger partial charge in [0.2, 0.25) is 15.0 Å². The maximum absolute atomic E-state index is 11.6. The molecule has 2 unspecified atom stereocenters. The Labute approximate surface area is 126 Å². The van der Waals surface area contributed by atoms with Gasteiger partial charge >= 0.3 is 12.1 Å². The van der Waals surface area contributed by atoms with E-state index in [0.29, 0.717) is 5.56 Å². The molecule has 0 spiro atoms. The molecular formula is C12H15N3O6S. The molecule has 0 saturated heterocycles. The lowest BCUT2D eigenvalue weighted by atomic mass is 9.92. The van der Waals surface area contributed by atoms with E-state index in [9.17, 15) is 28.2 Å². The third-order valence-electron chi connectivity index (χ3n) is 3.89. The zero-order valence-electron chi connectivity index (χ0n) is 12.1. The third kappa shape index (κ3) is 2.19. The summed E-state index contributed by atoms with van der Waals surface area (Å²) >= 11 is 0. The maximum atomic E-state index is 11.6. The lowest BCUT2D eigenvalue weighted by Crippen LogP contribution is -2.45. The van der Waals surface area contributed by atoms with Crippen molar-refractivity contribution in [1.82, 2.24) is 14.9 Å². The van der Waals surface area contributed by atoms with E-state index in [4.69, 9.17) is 0 Å². The highest BCUT2D eigenvalue weighted by Crippen LogP contribution is 2.47. The molecule has 1 aliphatic heterocycles.